The molecule has 2 aliphatic rings. The molecule has 2 fully saturated rings. The van der Waals surface area contributed by atoms with Gasteiger partial charge in [-0.25, -0.2) is 0 Å². The Morgan fingerprint density at radius 3 is 2.64 bits per heavy atom. The first-order valence-corrected chi connectivity index (χ1v) is 8.85. The van der Waals surface area contributed by atoms with Crippen molar-refractivity contribution in [2.75, 3.05) is 13.6 Å². The maximum atomic E-state index is 12.4. The van der Waals surface area contributed by atoms with Gasteiger partial charge in [0.1, 0.15) is 11.4 Å². The largest absolute Gasteiger partial charge is 0.504 e. The predicted molar refractivity (Wildman–Crippen MR) is 92.7 cm³/mol. The second kappa shape index (κ2) is 5.97. The van der Waals surface area contributed by atoms with Gasteiger partial charge in [0.15, 0.2) is 11.5 Å². The average molecular weight is 349 g/mol. The van der Waals surface area contributed by atoms with Crippen molar-refractivity contribution in [3.63, 3.8) is 0 Å². The van der Waals surface area contributed by atoms with Gasteiger partial charge in [0, 0.05) is 29.9 Å². The van der Waals surface area contributed by atoms with Crippen LogP contribution in [0.5, 0.6) is 11.5 Å². The lowest BCUT2D eigenvalue weighted by Gasteiger charge is -2.60. The van der Waals surface area contributed by atoms with Gasteiger partial charge in [0.05, 0.1) is 6.10 Å². The van der Waals surface area contributed by atoms with Crippen molar-refractivity contribution < 1.29 is 25.2 Å². The summed E-state index contributed by atoms with van der Waals surface area (Å²) in [5.41, 5.74) is -1.54. The first kappa shape index (κ1) is 18.2. The van der Waals surface area contributed by atoms with Crippen molar-refractivity contribution in [1.82, 2.24) is 4.90 Å². The van der Waals surface area contributed by atoms with E-state index in [1.165, 1.54) is 6.07 Å². The minimum atomic E-state index is -1.59. The summed E-state index contributed by atoms with van der Waals surface area (Å²) < 4.78 is 0. The molecule has 1 aliphatic carbocycles. The van der Waals surface area contributed by atoms with E-state index in [2.05, 4.69) is 0 Å². The number of aliphatic hydroxyl groups is 2. The number of benzene rings is 1. The Balaban J connectivity index is 2.33. The van der Waals surface area contributed by atoms with Crippen LogP contribution in [0.1, 0.15) is 44.2 Å². The number of hydrogen-bond acceptors (Lipinski definition) is 6. The highest BCUT2D eigenvalue weighted by Crippen LogP contribution is 2.56. The Morgan fingerprint density at radius 2 is 2.00 bits per heavy atom. The third-order valence-corrected chi connectivity index (χ3v) is 6.49. The third-order valence-electron chi connectivity index (χ3n) is 6.49. The summed E-state index contributed by atoms with van der Waals surface area (Å²) in [5, 5.41) is 43.2. The number of Topliss-reactive ketones (excluding diaryl/α,β-unsaturated/α-hetero) is 1. The number of aromatic hydroxyl groups is 2. The average Bonchev–Trinajstić information content (AvgIpc) is 2.57. The lowest BCUT2D eigenvalue weighted by Crippen LogP contribution is -2.74. The molecule has 0 bridgehead atoms. The molecule has 1 saturated heterocycles. The molecule has 0 radical (unpaired) electrons. The number of aryl methyl sites for hydroxylation is 1. The Kier molecular flexibility index (Phi) is 4.34. The summed E-state index contributed by atoms with van der Waals surface area (Å²) in [7, 11) is 1.87. The molecule has 6 nitrogen and oxygen atoms in total. The number of rotatable bonds is 2. The number of phenolic OH excluding ortho intramolecular Hbond substituents is 2. The highest BCUT2D eigenvalue weighted by atomic mass is 16.3. The van der Waals surface area contributed by atoms with Gasteiger partial charge in [0.25, 0.3) is 0 Å². The Labute approximate surface area is 147 Å². The maximum Gasteiger partial charge on any atom is 0.161 e. The maximum absolute atomic E-state index is 12.4. The zero-order valence-corrected chi connectivity index (χ0v) is 15.0. The molecular weight excluding hydrogens is 322 g/mol. The van der Waals surface area contributed by atoms with E-state index in [1.807, 2.05) is 25.8 Å². The van der Waals surface area contributed by atoms with Gasteiger partial charge >= 0.3 is 0 Å². The van der Waals surface area contributed by atoms with Gasteiger partial charge < -0.3 is 25.3 Å². The quantitative estimate of drug-likeness (QED) is 0.596. The molecule has 0 aromatic heterocycles. The smallest absolute Gasteiger partial charge is 0.161 e. The van der Waals surface area contributed by atoms with Crippen molar-refractivity contribution in [2.45, 2.75) is 62.7 Å². The van der Waals surface area contributed by atoms with Gasteiger partial charge in [-0.1, -0.05) is 13.0 Å². The lowest BCUT2D eigenvalue weighted by atomic mass is 9.52. The van der Waals surface area contributed by atoms with Crippen LogP contribution in [0.3, 0.4) is 0 Å². The molecule has 0 spiro atoms. The zero-order chi connectivity index (χ0) is 18.6. The van der Waals surface area contributed by atoms with E-state index in [4.69, 9.17) is 0 Å². The van der Waals surface area contributed by atoms with E-state index in [-0.39, 0.29) is 30.1 Å². The molecule has 1 heterocycles. The van der Waals surface area contributed by atoms with Gasteiger partial charge in [-0.2, -0.15) is 0 Å². The first-order valence-electron chi connectivity index (χ1n) is 8.85. The number of likely N-dealkylation sites (tertiary alicyclic amines) is 1. The van der Waals surface area contributed by atoms with Crippen LogP contribution >= 0.6 is 0 Å². The zero-order valence-electron chi connectivity index (χ0n) is 15.0. The van der Waals surface area contributed by atoms with Crippen LogP contribution in [0.15, 0.2) is 12.1 Å². The van der Waals surface area contributed by atoms with Crippen LogP contribution in [0, 0.1) is 0 Å². The first-order chi connectivity index (χ1) is 11.7. The molecule has 1 aliphatic heterocycles. The highest BCUT2D eigenvalue weighted by molar-refractivity contribution is 5.83. The minimum Gasteiger partial charge on any atom is -0.504 e. The van der Waals surface area contributed by atoms with E-state index in [9.17, 15) is 25.2 Å². The number of carbonyl (C=O) groups excluding carboxylic acids is 1. The number of ketones is 1. The summed E-state index contributed by atoms with van der Waals surface area (Å²) in [6.45, 7) is 4.37. The SMILES string of the molecule is CCc1ccc(O)c(O)c1C12CCN(C)C(C)C1(O)C(O)CC(=O)C2. The van der Waals surface area contributed by atoms with Crippen LogP contribution in [-0.2, 0) is 16.6 Å². The lowest BCUT2D eigenvalue weighted by molar-refractivity contribution is -0.205. The van der Waals surface area contributed by atoms with Gasteiger partial charge in [-0.15, -0.1) is 0 Å². The second-order valence-corrected chi connectivity index (χ2v) is 7.57. The van der Waals surface area contributed by atoms with Gasteiger partial charge in [0.2, 0.25) is 0 Å². The van der Waals surface area contributed by atoms with Gasteiger partial charge in [-0.05, 0) is 45.0 Å². The Hall–Kier alpha value is -1.63. The van der Waals surface area contributed by atoms with Gasteiger partial charge in [-0.3, -0.25) is 4.79 Å². The molecule has 1 saturated carbocycles. The van der Waals surface area contributed by atoms with E-state index in [0.29, 0.717) is 24.9 Å². The fourth-order valence-corrected chi connectivity index (χ4v) is 4.97. The molecule has 4 atom stereocenters. The minimum absolute atomic E-state index is 0.0444. The second-order valence-electron chi connectivity index (χ2n) is 7.57. The summed E-state index contributed by atoms with van der Waals surface area (Å²) in [5.74, 6) is -0.710. The van der Waals surface area contributed by atoms with Crippen molar-refractivity contribution in [1.29, 1.82) is 0 Å². The van der Waals surface area contributed by atoms with Crippen molar-refractivity contribution in [2.24, 2.45) is 0 Å². The van der Waals surface area contributed by atoms with Crippen LogP contribution in [0.25, 0.3) is 0 Å². The Morgan fingerprint density at radius 1 is 1.32 bits per heavy atom. The molecule has 1 aromatic carbocycles. The molecule has 0 amide bonds. The molecule has 25 heavy (non-hydrogen) atoms. The number of piperidine rings is 1. The monoisotopic (exact) mass is 349 g/mol. The number of likely N-dealkylation sites (N-methyl/N-ethyl adjacent to an activating group) is 1. The highest BCUT2D eigenvalue weighted by Gasteiger charge is 2.65. The van der Waals surface area contributed by atoms with E-state index < -0.39 is 23.2 Å². The summed E-state index contributed by atoms with van der Waals surface area (Å²) in [4.78, 5) is 14.4. The van der Waals surface area contributed by atoms with Crippen LogP contribution < -0.4 is 0 Å². The fourth-order valence-electron chi connectivity index (χ4n) is 4.97. The fraction of sp³-hybridized carbons (Fsp3) is 0.632. The molecule has 3 rings (SSSR count). The molecule has 4 unspecified atom stereocenters. The predicted octanol–water partition coefficient (Wildman–Crippen LogP) is 1.08. The van der Waals surface area contributed by atoms with Crippen LogP contribution in [0.2, 0.25) is 0 Å². The molecule has 1 aromatic rings. The molecular formula is C19H27NO5. The number of hydrogen-bond donors (Lipinski definition) is 4. The number of nitrogens with zero attached hydrogens (tertiary/aromatic N) is 1. The van der Waals surface area contributed by atoms with E-state index in [0.717, 1.165) is 5.56 Å². The molecule has 4 N–H and O–H groups in total. The van der Waals surface area contributed by atoms with E-state index in [1.54, 1.807) is 6.07 Å². The van der Waals surface area contributed by atoms with Crippen molar-refractivity contribution in [3.8, 4) is 11.5 Å². The van der Waals surface area contributed by atoms with Crippen LogP contribution in [0.4, 0.5) is 0 Å². The number of phenols is 2. The van der Waals surface area contributed by atoms with E-state index >= 15 is 0 Å². The topological polar surface area (TPSA) is 101 Å². The van der Waals surface area contributed by atoms with Crippen molar-refractivity contribution in [3.05, 3.63) is 23.3 Å². The summed E-state index contributed by atoms with van der Waals surface area (Å²) in [6.07, 6.45) is -0.287. The number of fused-ring (bicyclic) bond motifs is 1. The molecule has 138 valence electrons. The summed E-state index contributed by atoms with van der Waals surface area (Å²) >= 11 is 0. The Bertz CT molecular complexity index is 705. The normalized spacial score (nSPS) is 36.3. The number of carbonyl (C=O) groups is 1. The third kappa shape index (κ3) is 2.31. The summed E-state index contributed by atoms with van der Waals surface area (Å²) in [6, 6.07) is 2.73. The number of aliphatic hydroxyl groups excluding tert-OH is 1. The standard InChI is InChI=1S/C19H27NO5/c1-4-12-5-6-14(22)17(24)16(12)18-7-8-20(3)11(2)19(18,25)15(23)9-13(21)10-18/h5-6,11,15,22-25H,4,7-10H2,1-3H3. The molecule has 6 heteroatoms. The van der Waals surface area contributed by atoms with Crippen molar-refractivity contribution >= 4 is 5.78 Å². The van der Waals surface area contributed by atoms with Crippen LogP contribution in [-0.4, -0.2) is 62.4 Å².